The second-order valence-electron chi connectivity index (χ2n) is 6.96. The molecule has 2 aromatic rings. The minimum absolute atomic E-state index is 0.324. The predicted octanol–water partition coefficient (Wildman–Crippen LogP) is 1.19. The van der Waals surface area contributed by atoms with Crippen molar-refractivity contribution in [1.82, 2.24) is 14.3 Å². The Morgan fingerprint density at radius 1 is 0.966 bits per heavy atom. The molecule has 154 valence electrons. The number of fused-ring (bicyclic) bond motifs is 1. The molecule has 0 atom stereocenters. The van der Waals surface area contributed by atoms with E-state index in [9.17, 15) is 18.3 Å². The van der Waals surface area contributed by atoms with Crippen LogP contribution in [0.15, 0.2) is 36.7 Å². The van der Waals surface area contributed by atoms with Gasteiger partial charge >= 0.3 is 6.09 Å². The lowest BCUT2D eigenvalue weighted by molar-refractivity contribution is 0.201. The number of amides is 1. The zero-order chi connectivity index (χ0) is 20.6. The van der Waals surface area contributed by atoms with Gasteiger partial charge in [-0.1, -0.05) is 12.1 Å². The van der Waals surface area contributed by atoms with E-state index in [4.69, 9.17) is 0 Å². The van der Waals surface area contributed by atoms with Gasteiger partial charge in [0, 0.05) is 39.3 Å². The number of carbonyl (C=O) groups is 1. The van der Waals surface area contributed by atoms with E-state index in [0.29, 0.717) is 50.9 Å². The molecule has 0 bridgehead atoms. The zero-order valence-corrected chi connectivity index (χ0v) is 16.8. The van der Waals surface area contributed by atoms with Crippen LogP contribution < -0.4 is 14.7 Å². The maximum Gasteiger partial charge on any atom is 0.411 e. The fourth-order valence-corrected chi connectivity index (χ4v) is 4.49. The Bertz CT molecular complexity index is 1010. The van der Waals surface area contributed by atoms with Gasteiger partial charge in [0.25, 0.3) is 0 Å². The summed E-state index contributed by atoms with van der Waals surface area (Å²) >= 11 is 0. The first-order valence-electron chi connectivity index (χ1n) is 9.24. The molecule has 0 unspecified atom stereocenters. The third-order valence-corrected chi connectivity index (χ3v) is 6.48. The molecule has 0 aliphatic carbocycles. The molecule has 0 spiro atoms. The van der Waals surface area contributed by atoms with Crippen LogP contribution in [0.4, 0.5) is 27.8 Å². The monoisotopic (exact) mass is 418 g/mol. The van der Waals surface area contributed by atoms with Gasteiger partial charge in [-0.2, -0.15) is 4.31 Å². The summed E-state index contributed by atoms with van der Waals surface area (Å²) in [6.07, 6.45) is 3.69. The van der Waals surface area contributed by atoms with Gasteiger partial charge in [0.05, 0.1) is 35.7 Å². The zero-order valence-electron chi connectivity index (χ0n) is 16.0. The minimum Gasteiger partial charge on any atom is -0.465 e. The lowest BCUT2D eigenvalue weighted by Crippen LogP contribution is -2.48. The molecular weight excluding hydrogens is 396 g/mol. The Hall–Kier alpha value is -2.92. The van der Waals surface area contributed by atoms with Crippen molar-refractivity contribution in [3.8, 4) is 0 Å². The fraction of sp³-hybridized carbons (Fsp3) is 0.389. The smallest absolute Gasteiger partial charge is 0.411 e. The maximum atomic E-state index is 11.7. The summed E-state index contributed by atoms with van der Waals surface area (Å²) in [5.41, 5.74) is 2.19. The third-order valence-electron chi connectivity index (χ3n) is 5.18. The molecular formula is C18H22N6O4S. The van der Waals surface area contributed by atoms with Crippen LogP contribution in [0.1, 0.15) is 0 Å². The molecule has 11 heteroatoms. The average Bonchev–Trinajstić information content (AvgIpc) is 2.72. The summed E-state index contributed by atoms with van der Waals surface area (Å²) in [7, 11) is -3.17. The van der Waals surface area contributed by atoms with Crippen LogP contribution in [0.3, 0.4) is 0 Å². The second kappa shape index (κ2) is 7.48. The molecule has 1 aromatic carbocycles. The van der Waals surface area contributed by atoms with E-state index in [-0.39, 0.29) is 0 Å². The van der Waals surface area contributed by atoms with Gasteiger partial charge in [-0.3, -0.25) is 4.90 Å². The van der Waals surface area contributed by atoms with Crippen LogP contribution in [-0.4, -0.2) is 79.4 Å². The van der Waals surface area contributed by atoms with Crippen molar-refractivity contribution in [2.75, 3.05) is 60.2 Å². The third kappa shape index (κ3) is 3.83. The second-order valence-corrected chi connectivity index (χ2v) is 8.95. The van der Waals surface area contributed by atoms with Crippen LogP contribution in [-0.2, 0) is 10.0 Å². The molecule has 1 saturated heterocycles. The fourth-order valence-electron chi connectivity index (χ4n) is 3.66. The van der Waals surface area contributed by atoms with Gasteiger partial charge in [0.15, 0.2) is 0 Å². The van der Waals surface area contributed by atoms with E-state index in [1.165, 1.54) is 15.5 Å². The topological polar surface area (TPSA) is 110 Å². The minimum atomic E-state index is -3.17. The van der Waals surface area contributed by atoms with E-state index in [0.717, 1.165) is 11.4 Å². The molecule has 1 fully saturated rings. The lowest BCUT2D eigenvalue weighted by atomic mass is 10.2. The average molecular weight is 418 g/mol. The number of para-hydroxylation sites is 2. The largest absolute Gasteiger partial charge is 0.465 e. The van der Waals surface area contributed by atoms with E-state index < -0.39 is 16.1 Å². The Kier molecular flexibility index (Phi) is 5.01. The van der Waals surface area contributed by atoms with E-state index in [1.807, 2.05) is 17.0 Å². The first kappa shape index (κ1) is 19.4. The van der Waals surface area contributed by atoms with Crippen LogP contribution >= 0.6 is 0 Å². The molecule has 29 heavy (non-hydrogen) atoms. The molecule has 3 heterocycles. The standard InChI is InChI=1S/C18H22N6O4S/c1-29(27,28)22-8-6-21(7-9-22)14-12-19-17(20-13-14)23-10-11-24(18(25)26)16-5-3-2-4-15(16)23/h2-5,12-13H,6-11H2,1H3,(H,25,26). The molecule has 4 rings (SSSR count). The Morgan fingerprint density at radius 2 is 1.59 bits per heavy atom. The number of hydrogen-bond acceptors (Lipinski definition) is 7. The highest BCUT2D eigenvalue weighted by atomic mass is 32.2. The van der Waals surface area contributed by atoms with Crippen molar-refractivity contribution >= 4 is 39.1 Å². The quantitative estimate of drug-likeness (QED) is 0.792. The molecule has 1 aromatic heterocycles. The van der Waals surface area contributed by atoms with Crippen LogP contribution in [0.2, 0.25) is 0 Å². The van der Waals surface area contributed by atoms with E-state index in [2.05, 4.69) is 14.9 Å². The maximum absolute atomic E-state index is 11.7. The predicted molar refractivity (Wildman–Crippen MR) is 109 cm³/mol. The highest BCUT2D eigenvalue weighted by molar-refractivity contribution is 7.88. The summed E-state index contributed by atoms with van der Waals surface area (Å²) in [6.45, 7) is 2.81. The Labute approximate surface area is 169 Å². The summed E-state index contributed by atoms with van der Waals surface area (Å²) < 4.78 is 24.8. The van der Waals surface area contributed by atoms with Crippen molar-refractivity contribution in [1.29, 1.82) is 0 Å². The summed E-state index contributed by atoms with van der Waals surface area (Å²) in [4.78, 5) is 25.8. The van der Waals surface area contributed by atoms with Crippen molar-refractivity contribution in [3.63, 3.8) is 0 Å². The lowest BCUT2D eigenvalue weighted by Gasteiger charge is -2.36. The van der Waals surface area contributed by atoms with Crippen LogP contribution in [0, 0.1) is 0 Å². The molecule has 1 amide bonds. The van der Waals surface area contributed by atoms with Crippen molar-refractivity contribution in [3.05, 3.63) is 36.7 Å². The van der Waals surface area contributed by atoms with Crippen molar-refractivity contribution in [2.45, 2.75) is 0 Å². The number of anilines is 4. The van der Waals surface area contributed by atoms with Gasteiger partial charge < -0.3 is 14.9 Å². The van der Waals surface area contributed by atoms with Crippen molar-refractivity contribution in [2.24, 2.45) is 0 Å². The van der Waals surface area contributed by atoms with E-state index in [1.54, 1.807) is 24.5 Å². The molecule has 2 aliphatic rings. The normalized spacial score (nSPS) is 17.9. The van der Waals surface area contributed by atoms with Gasteiger partial charge in [-0.05, 0) is 12.1 Å². The van der Waals surface area contributed by atoms with Crippen LogP contribution in [0.25, 0.3) is 0 Å². The number of sulfonamides is 1. The highest BCUT2D eigenvalue weighted by Gasteiger charge is 2.29. The number of hydrogen-bond donors (Lipinski definition) is 1. The molecule has 0 radical (unpaired) electrons. The van der Waals surface area contributed by atoms with E-state index >= 15 is 0 Å². The summed E-state index contributed by atoms with van der Waals surface area (Å²) in [6, 6.07) is 7.28. The number of nitrogens with zero attached hydrogens (tertiary/aromatic N) is 6. The van der Waals surface area contributed by atoms with Gasteiger partial charge in [-0.15, -0.1) is 0 Å². The number of piperazine rings is 1. The number of aromatic nitrogens is 2. The van der Waals surface area contributed by atoms with Gasteiger partial charge in [0.1, 0.15) is 0 Å². The van der Waals surface area contributed by atoms with Crippen molar-refractivity contribution < 1.29 is 18.3 Å². The first-order valence-corrected chi connectivity index (χ1v) is 11.1. The SMILES string of the molecule is CS(=O)(=O)N1CCN(c2cnc(N3CCN(C(=O)O)c4ccccc43)nc2)CC1. The molecule has 0 saturated carbocycles. The summed E-state index contributed by atoms with van der Waals surface area (Å²) in [5.74, 6) is 0.501. The highest BCUT2D eigenvalue weighted by Crippen LogP contribution is 2.36. The Morgan fingerprint density at radius 3 is 2.17 bits per heavy atom. The first-order chi connectivity index (χ1) is 13.8. The molecule has 10 nitrogen and oxygen atoms in total. The number of benzene rings is 1. The molecule has 1 N–H and O–H groups in total. The molecule has 2 aliphatic heterocycles. The Balaban J connectivity index is 1.52. The van der Waals surface area contributed by atoms with Crippen LogP contribution in [0.5, 0.6) is 0 Å². The van der Waals surface area contributed by atoms with Gasteiger partial charge in [0.2, 0.25) is 16.0 Å². The number of carboxylic acid groups (broad SMARTS) is 1. The number of rotatable bonds is 3. The van der Waals surface area contributed by atoms with Gasteiger partial charge in [-0.25, -0.2) is 23.2 Å². The summed E-state index contributed by atoms with van der Waals surface area (Å²) in [5, 5.41) is 9.42.